The van der Waals surface area contributed by atoms with Crippen molar-refractivity contribution in [2.45, 2.75) is 32.9 Å². The average molecular weight is 299 g/mol. The minimum atomic E-state index is -0.189. The quantitative estimate of drug-likeness (QED) is 0.942. The average Bonchev–Trinajstić information content (AvgIpc) is 2.83. The molecule has 0 saturated heterocycles. The number of rotatable bonds is 3. The second-order valence-electron chi connectivity index (χ2n) is 5.90. The van der Waals surface area contributed by atoms with E-state index in [1.807, 2.05) is 0 Å². The number of carbonyl (C=O) groups is 1. The molecular formula is C17H21N3O2. The van der Waals surface area contributed by atoms with Crippen molar-refractivity contribution in [1.82, 2.24) is 15.2 Å². The maximum atomic E-state index is 12.2. The van der Waals surface area contributed by atoms with Gasteiger partial charge >= 0.3 is 0 Å². The van der Waals surface area contributed by atoms with Crippen LogP contribution < -0.4 is 5.32 Å². The SMILES string of the molecule is Cc1nc(C)c(C(=O)NC[C@@H]2Cc3ccccc3CN2C)o1. The molecule has 0 aliphatic carbocycles. The molecule has 2 aromatic rings. The van der Waals surface area contributed by atoms with E-state index in [1.54, 1.807) is 13.8 Å². The number of likely N-dealkylation sites (N-methyl/N-ethyl adjacent to an activating group) is 1. The molecule has 0 unspecified atom stereocenters. The van der Waals surface area contributed by atoms with Gasteiger partial charge in [-0.3, -0.25) is 9.69 Å². The molecule has 1 aromatic heterocycles. The van der Waals surface area contributed by atoms with E-state index in [1.165, 1.54) is 11.1 Å². The Morgan fingerprint density at radius 3 is 2.77 bits per heavy atom. The van der Waals surface area contributed by atoms with Crippen LogP contribution in [0.5, 0.6) is 0 Å². The van der Waals surface area contributed by atoms with E-state index in [0.717, 1.165) is 13.0 Å². The van der Waals surface area contributed by atoms with Crippen LogP contribution in [0.1, 0.15) is 33.3 Å². The molecule has 0 spiro atoms. The van der Waals surface area contributed by atoms with Crippen LogP contribution in [0.3, 0.4) is 0 Å². The number of nitrogens with zero attached hydrogens (tertiary/aromatic N) is 2. The summed E-state index contributed by atoms with van der Waals surface area (Å²) in [5.41, 5.74) is 3.37. The second kappa shape index (κ2) is 5.93. The standard InChI is InChI=1S/C17H21N3O2/c1-11-16(22-12(2)19-11)17(21)18-9-15-8-13-6-4-5-7-14(13)10-20(15)3/h4-7,15H,8-10H2,1-3H3,(H,18,21)/t15-/m0/s1. The van der Waals surface area contributed by atoms with Gasteiger partial charge in [0.15, 0.2) is 5.89 Å². The summed E-state index contributed by atoms with van der Waals surface area (Å²) in [6.07, 6.45) is 0.946. The lowest BCUT2D eigenvalue weighted by atomic mass is 9.94. The third-order valence-corrected chi connectivity index (χ3v) is 4.23. The van der Waals surface area contributed by atoms with Gasteiger partial charge in [-0.15, -0.1) is 0 Å². The summed E-state index contributed by atoms with van der Waals surface area (Å²) in [6, 6.07) is 8.77. The summed E-state index contributed by atoms with van der Waals surface area (Å²) in [7, 11) is 2.09. The molecular weight excluding hydrogens is 278 g/mol. The Hall–Kier alpha value is -2.14. The highest BCUT2D eigenvalue weighted by Gasteiger charge is 2.24. The highest BCUT2D eigenvalue weighted by molar-refractivity contribution is 5.92. The summed E-state index contributed by atoms with van der Waals surface area (Å²) in [5, 5.41) is 2.97. The first-order valence-corrected chi connectivity index (χ1v) is 7.54. The van der Waals surface area contributed by atoms with Crippen LogP contribution in [0.4, 0.5) is 0 Å². The number of benzene rings is 1. The fraction of sp³-hybridized carbons (Fsp3) is 0.412. The van der Waals surface area contributed by atoms with Gasteiger partial charge in [-0.2, -0.15) is 0 Å². The topological polar surface area (TPSA) is 58.4 Å². The monoisotopic (exact) mass is 299 g/mol. The van der Waals surface area contributed by atoms with E-state index in [9.17, 15) is 4.79 Å². The highest BCUT2D eigenvalue weighted by Crippen LogP contribution is 2.21. The first-order valence-electron chi connectivity index (χ1n) is 7.54. The molecule has 1 atom stereocenters. The maximum Gasteiger partial charge on any atom is 0.289 e. The van der Waals surface area contributed by atoms with E-state index in [2.05, 4.69) is 46.5 Å². The Morgan fingerprint density at radius 2 is 2.09 bits per heavy atom. The van der Waals surface area contributed by atoms with Crippen molar-refractivity contribution in [2.75, 3.05) is 13.6 Å². The van der Waals surface area contributed by atoms with Crippen LogP contribution in [0.2, 0.25) is 0 Å². The Labute approximate surface area is 130 Å². The van der Waals surface area contributed by atoms with Gasteiger partial charge < -0.3 is 9.73 Å². The number of aromatic nitrogens is 1. The van der Waals surface area contributed by atoms with Gasteiger partial charge in [0.1, 0.15) is 0 Å². The first kappa shape index (κ1) is 14.8. The number of hydrogen-bond donors (Lipinski definition) is 1. The molecule has 0 bridgehead atoms. The molecule has 116 valence electrons. The van der Waals surface area contributed by atoms with Crippen LogP contribution >= 0.6 is 0 Å². The molecule has 5 nitrogen and oxygen atoms in total. The zero-order valence-corrected chi connectivity index (χ0v) is 13.2. The number of amides is 1. The summed E-state index contributed by atoms with van der Waals surface area (Å²) in [4.78, 5) is 18.6. The molecule has 0 saturated carbocycles. The van der Waals surface area contributed by atoms with E-state index >= 15 is 0 Å². The number of aryl methyl sites for hydroxylation is 2. The van der Waals surface area contributed by atoms with Gasteiger partial charge in [0.2, 0.25) is 5.76 Å². The molecule has 22 heavy (non-hydrogen) atoms. The fourth-order valence-corrected chi connectivity index (χ4v) is 2.98. The van der Waals surface area contributed by atoms with Gasteiger partial charge in [0, 0.05) is 26.1 Å². The van der Waals surface area contributed by atoms with Gasteiger partial charge in [0.25, 0.3) is 5.91 Å². The van der Waals surface area contributed by atoms with E-state index in [-0.39, 0.29) is 5.91 Å². The van der Waals surface area contributed by atoms with Crippen LogP contribution in [0.15, 0.2) is 28.7 Å². The third-order valence-electron chi connectivity index (χ3n) is 4.23. The first-order chi connectivity index (χ1) is 10.5. The van der Waals surface area contributed by atoms with E-state index < -0.39 is 0 Å². The zero-order chi connectivity index (χ0) is 15.7. The largest absolute Gasteiger partial charge is 0.436 e. The molecule has 0 radical (unpaired) electrons. The van der Waals surface area contributed by atoms with Crippen molar-refractivity contribution in [3.63, 3.8) is 0 Å². The van der Waals surface area contributed by atoms with Crippen LogP contribution in [-0.4, -0.2) is 35.4 Å². The maximum absolute atomic E-state index is 12.2. The molecule has 1 aliphatic heterocycles. The summed E-state index contributed by atoms with van der Waals surface area (Å²) >= 11 is 0. The highest BCUT2D eigenvalue weighted by atomic mass is 16.4. The Balaban J connectivity index is 1.64. The minimum Gasteiger partial charge on any atom is -0.436 e. The smallest absolute Gasteiger partial charge is 0.289 e. The van der Waals surface area contributed by atoms with Crippen LogP contribution in [0, 0.1) is 13.8 Å². The van der Waals surface area contributed by atoms with Gasteiger partial charge in [-0.25, -0.2) is 4.98 Å². The lowest BCUT2D eigenvalue weighted by molar-refractivity contribution is 0.0904. The van der Waals surface area contributed by atoms with Gasteiger partial charge in [0.05, 0.1) is 5.69 Å². The van der Waals surface area contributed by atoms with Crippen molar-refractivity contribution in [1.29, 1.82) is 0 Å². The van der Waals surface area contributed by atoms with Crippen molar-refractivity contribution < 1.29 is 9.21 Å². The van der Waals surface area contributed by atoms with Crippen molar-refractivity contribution in [3.05, 3.63) is 52.7 Å². The number of nitrogens with one attached hydrogen (secondary N) is 1. The molecule has 1 N–H and O–H groups in total. The summed E-state index contributed by atoms with van der Waals surface area (Å²) < 4.78 is 5.36. The molecule has 1 aliphatic rings. The summed E-state index contributed by atoms with van der Waals surface area (Å²) in [5.74, 6) is 0.646. The predicted octanol–water partition coefficient (Wildman–Crippen LogP) is 2.08. The minimum absolute atomic E-state index is 0.189. The zero-order valence-electron chi connectivity index (χ0n) is 13.2. The summed E-state index contributed by atoms with van der Waals surface area (Å²) in [6.45, 7) is 5.05. The van der Waals surface area contributed by atoms with Crippen molar-refractivity contribution in [2.24, 2.45) is 0 Å². The molecule has 1 amide bonds. The predicted molar refractivity (Wildman–Crippen MR) is 83.7 cm³/mol. The third kappa shape index (κ3) is 2.90. The molecule has 2 heterocycles. The number of hydrogen-bond acceptors (Lipinski definition) is 4. The second-order valence-corrected chi connectivity index (χ2v) is 5.90. The molecule has 3 rings (SSSR count). The van der Waals surface area contributed by atoms with Gasteiger partial charge in [-0.1, -0.05) is 24.3 Å². The van der Waals surface area contributed by atoms with E-state index in [0.29, 0.717) is 29.9 Å². The van der Waals surface area contributed by atoms with Crippen LogP contribution in [-0.2, 0) is 13.0 Å². The number of fused-ring (bicyclic) bond motifs is 1. The Bertz CT molecular complexity index is 693. The lowest BCUT2D eigenvalue weighted by Crippen LogP contribution is -2.45. The van der Waals surface area contributed by atoms with Crippen molar-refractivity contribution in [3.8, 4) is 0 Å². The molecule has 0 fully saturated rings. The molecule has 5 heteroatoms. The molecule has 1 aromatic carbocycles. The lowest BCUT2D eigenvalue weighted by Gasteiger charge is -2.34. The van der Waals surface area contributed by atoms with Crippen molar-refractivity contribution >= 4 is 5.91 Å². The van der Waals surface area contributed by atoms with Gasteiger partial charge in [-0.05, 0) is 31.5 Å². The Morgan fingerprint density at radius 1 is 1.36 bits per heavy atom. The van der Waals surface area contributed by atoms with E-state index in [4.69, 9.17) is 4.42 Å². The number of carbonyl (C=O) groups excluding carboxylic acids is 1. The van der Waals surface area contributed by atoms with Crippen LogP contribution in [0.25, 0.3) is 0 Å². The number of oxazole rings is 1. The normalized spacial score (nSPS) is 18.0. The fourth-order valence-electron chi connectivity index (χ4n) is 2.98. The Kier molecular flexibility index (Phi) is 3.98.